The van der Waals surface area contributed by atoms with Crippen molar-refractivity contribution < 1.29 is 9.59 Å². The number of para-hydroxylation sites is 1. The van der Waals surface area contributed by atoms with Crippen LogP contribution in [-0.4, -0.2) is 31.4 Å². The average molecular weight is 351 g/mol. The van der Waals surface area contributed by atoms with Gasteiger partial charge in [-0.1, -0.05) is 18.2 Å². The van der Waals surface area contributed by atoms with E-state index in [0.717, 1.165) is 24.5 Å². The van der Waals surface area contributed by atoms with Crippen LogP contribution in [0.25, 0.3) is 0 Å². The van der Waals surface area contributed by atoms with E-state index in [1.165, 1.54) is 25.5 Å². The van der Waals surface area contributed by atoms with E-state index < -0.39 is 0 Å². The van der Waals surface area contributed by atoms with Crippen molar-refractivity contribution in [1.29, 1.82) is 0 Å². The summed E-state index contributed by atoms with van der Waals surface area (Å²) in [7, 11) is 0. The molecule has 0 aromatic heterocycles. The fraction of sp³-hybridized carbons (Fsp3) is 0.333. The van der Waals surface area contributed by atoms with Gasteiger partial charge in [-0.2, -0.15) is 0 Å². The van der Waals surface area contributed by atoms with Crippen molar-refractivity contribution in [1.82, 2.24) is 0 Å². The highest BCUT2D eigenvalue weighted by Crippen LogP contribution is 2.22. The zero-order chi connectivity index (χ0) is 18.4. The van der Waals surface area contributed by atoms with Gasteiger partial charge in [0.15, 0.2) is 0 Å². The predicted octanol–water partition coefficient (Wildman–Crippen LogP) is 3.67. The number of carbonyl (C=O) groups excluding carboxylic acids is 2. The van der Waals surface area contributed by atoms with E-state index in [0.29, 0.717) is 6.54 Å². The Kier molecular flexibility index (Phi) is 5.89. The zero-order valence-corrected chi connectivity index (χ0v) is 15.1. The monoisotopic (exact) mass is 351 g/mol. The first-order chi connectivity index (χ1) is 12.6. The maximum Gasteiger partial charge on any atom is 0.226 e. The molecule has 5 nitrogen and oxygen atoms in total. The topological polar surface area (TPSA) is 52.7 Å². The highest BCUT2D eigenvalue weighted by molar-refractivity contribution is 5.94. The van der Waals surface area contributed by atoms with Gasteiger partial charge in [-0.3, -0.25) is 9.59 Å². The molecular formula is C21H25N3O2. The van der Waals surface area contributed by atoms with E-state index in [1.807, 2.05) is 54.6 Å². The van der Waals surface area contributed by atoms with E-state index in [1.54, 1.807) is 4.90 Å². The quantitative estimate of drug-likeness (QED) is 0.864. The molecule has 0 atom stereocenters. The molecule has 0 unspecified atom stereocenters. The normalized spacial score (nSPS) is 13.5. The molecule has 2 aromatic carbocycles. The second-order valence-corrected chi connectivity index (χ2v) is 6.55. The summed E-state index contributed by atoms with van der Waals surface area (Å²) in [6, 6.07) is 17.4. The molecule has 1 saturated heterocycles. The third-order valence-electron chi connectivity index (χ3n) is 4.63. The van der Waals surface area contributed by atoms with Crippen LogP contribution in [0.2, 0.25) is 0 Å². The second kappa shape index (κ2) is 8.52. The summed E-state index contributed by atoms with van der Waals surface area (Å²) in [6.07, 6.45) is 2.74. The van der Waals surface area contributed by atoms with E-state index in [-0.39, 0.29) is 18.2 Å². The Bertz CT molecular complexity index is 738. The minimum Gasteiger partial charge on any atom is -0.372 e. The van der Waals surface area contributed by atoms with Crippen LogP contribution in [0.1, 0.15) is 26.2 Å². The van der Waals surface area contributed by atoms with Crippen LogP contribution in [0.15, 0.2) is 54.6 Å². The Morgan fingerprint density at radius 1 is 1.00 bits per heavy atom. The summed E-state index contributed by atoms with van der Waals surface area (Å²) in [4.78, 5) is 28.1. The lowest BCUT2D eigenvalue weighted by atomic mass is 10.2. The van der Waals surface area contributed by atoms with Crippen LogP contribution in [0.4, 0.5) is 17.1 Å². The summed E-state index contributed by atoms with van der Waals surface area (Å²) >= 11 is 0. The number of anilines is 3. The van der Waals surface area contributed by atoms with Crippen molar-refractivity contribution in [3.63, 3.8) is 0 Å². The van der Waals surface area contributed by atoms with Crippen molar-refractivity contribution in [3.05, 3.63) is 54.6 Å². The third kappa shape index (κ3) is 4.63. The lowest BCUT2D eigenvalue weighted by Gasteiger charge is -2.21. The standard InChI is InChI=1S/C21H25N3O2/c1-17(25)24(20-7-3-2-4-8-20)16-13-21(26)22-18-9-11-19(12-10-18)23-14-5-6-15-23/h2-4,7-12H,5-6,13-16H2,1H3,(H,22,26). The Hall–Kier alpha value is -2.82. The summed E-state index contributed by atoms with van der Waals surface area (Å²) in [6.45, 7) is 4.08. The molecule has 0 radical (unpaired) electrons. The van der Waals surface area contributed by atoms with Gasteiger partial charge in [-0.05, 0) is 49.2 Å². The van der Waals surface area contributed by atoms with E-state index in [2.05, 4.69) is 10.2 Å². The molecule has 0 aliphatic carbocycles. The smallest absolute Gasteiger partial charge is 0.226 e. The SMILES string of the molecule is CC(=O)N(CCC(=O)Nc1ccc(N2CCCC2)cc1)c1ccccc1. The molecule has 0 bridgehead atoms. The van der Waals surface area contributed by atoms with Crippen molar-refractivity contribution in [3.8, 4) is 0 Å². The molecule has 1 aliphatic heterocycles. The zero-order valence-electron chi connectivity index (χ0n) is 15.1. The molecular weight excluding hydrogens is 326 g/mol. The summed E-state index contributed by atoms with van der Waals surface area (Å²) in [5, 5.41) is 2.91. The third-order valence-corrected chi connectivity index (χ3v) is 4.63. The van der Waals surface area contributed by atoms with Gasteiger partial charge in [0.25, 0.3) is 0 Å². The van der Waals surface area contributed by atoms with Crippen LogP contribution in [-0.2, 0) is 9.59 Å². The van der Waals surface area contributed by atoms with Crippen LogP contribution in [0.3, 0.4) is 0 Å². The number of carbonyl (C=O) groups is 2. The first kappa shape index (κ1) is 18.0. The largest absolute Gasteiger partial charge is 0.372 e. The summed E-state index contributed by atoms with van der Waals surface area (Å²) in [5.41, 5.74) is 2.79. The summed E-state index contributed by atoms with van der Waals surface area (Å²) < 4.78 is 0. The highest BCUT2D eigenvalue weighted by atomic mass is 16.2. The van der Waals surface area contributed by atoms with Gasteiger partial charge >= 0.3 is 0 Å². The molecule has 1 heterocycles. The first-order valence-electron chi connectivity index (χ1n) is 9.11. The highest BCUT2D eigenvalue weighted by Gasteiger charge is 2.14. The molecule has 2 amide bonds. The number of benzene rings is 2. The molecule has 1 aliphatic rings. The lowest BCUT2D eigenvalue weighted by molar-refractivity contribution is -0.117. The van der Waals surface area contributed by atoms with Gasteiger partial charge in [0.05, 0.1) is 0 Å². The Morgan fingerprint density at radius 2 is 1.65 bits per heavy atom. The summed E-state index contributed by atoms with van der Waals surface area (Å²) in [5.74, 6) is -0.167. The average Bonchev–Trinajstić information content (AvgIpc) is 3.18. The van der Waals surface area contributed by atoms with Crippen LogP contribution >= 0.6 is 0 Å². The molecule has 3 rings (SSSR count). The minimum atomic E-state index is -0.0962. The number of hydrogen-bond donors (Lipinski definition) is 1. The van der Waals surface area contributed by atoms with E-state index in [4.69, 9.17) is 0 Å². The molecule has 1 N–H and O–H groups in total. The van der Waals surface area contributed by atoms with E-state index in [9.17, 15) is 9.59 Å². The molecule has 26 heavy (non-hydrogen) atoms. The minimum absolute atomic E-state index is 0.0704. The van der Waals surface area contributed by atoms with Crippen molar-refractivity contribution in [2.45, 2.75) is 26.2 Å². The first-order valence-corrected chi connectivity index (χ1v) is 9.11. The van der Waals surface area contributed by atoms with Gasteiger partial charge in [-0.25, -0.2) is 0 Å². The van der Waals surface area contributed by atoms with Crippen molar-refractivity contribution in [2.24, 2.45) is 0 Å². The second-order valence-electron chi connectivity index (χ2n) is 6.55. The van der Waals surface area contributed by atoms with Gasteiger partial charge in [0, 0.05) is 50.0 Å². The fourth-order valence-electron chi connectivity index (χ4n) is 3.24. The molecule has 2 aromatic rings. The Balaban J connectivity index is 1.54. The predicted molar refractivity (Wildman–Crippen MR) is 106 cm³/mol. The molecule has 0 spiro atoms. The van der Waals surface area contributed by atoms with Crippen LogP contribution in [0, 0.1) is 0 Å². The van der Waals surface area contributed by atoms with Gasteiger partial charge < -0.3 is 15.1 Å². The molecule has 5 heteroatoms. The number of nitrogens with one attached hydrogen (secondary N) is 1. The number of rotatable bonds is 6. The Morgan fingerprint density at radius 3 is 2.27 bits per heavy atom. The number of amides is 2. The molecule has 1 fully saturated rings. The van der Waals surface area contributed by atoms with Gasteiger partial charge in [-0.15, -0.1) is 0 Å². The van der Waals surface area contributed by atoms with Crippen LogP contribution < -0.4 is 15.1 Å². The van der Waals surface area contributed by atoms with Gasteiger partial charge in [0.1, 0.15) is 0 Å². The molecule has 136 valence electrons. The Labute approximate surface area is 154 Å². The molecule has 0 saturated carbocycles. The van der Waals surface area contributed by atoms with E-state index >= 15 is 0 Å². The van der Waals surface area contributed by atoms with Crippen molar-refractivity contribution >= 4 is 28.9 Å². The number of nitrogens with zero attached hydrogens (tertiary/aromatic N) is 2. The number of hydrogen-bond acceptors (Lipinski definition) is 3. The maximum absolute atomic E-state index is 12.3. The fourth-order valence-corrected chi connectivity index (χ4v) is 3.24. The lowest BCUT2D eigenvalue weighted by Crippen LogP contribution is -2.31. The maximum atomic E-state index is 12.3. The van der Waals surface area contributed by atoms with Gasteiger partial charge in [0.2, 0.25) is 11.8 Å². The van der Waals surface area contributed by atoms with Crippen molar-refractivity contribution in [2.75, 3.05) is 34.8 Å². The van der Waals surface area contributed by atoms with Crippen LogP contribution in [0.5, 0.6) is 0 Å².